The number of aromatic hydroxyl groups is 3. The Morgan fingerprint density at radius 3 is 2.56 bits per heavy atom. The molecule has 0 aliphatic carbocycles. The van der Waals surface area contributed by atoms with E-state index in [2.05, 4.69) is 0 Å². The van der Waals surface area contributed by atoms with Gasteiger partial charge in [0.1, 0.15) is 11.5 Å². The van der Waals surface area contributed by atoms with Crippen LogP contribution in [0.3, 0.4) is 0 Å². The number of Topliss-reactive ketones (excluding diaryl/α,β-unsaturated/α-hetero) is 1. The predicted octanol–water partition coefficient (Wildman–Crippen LogP) is 1.88. The van der Waals surface area contributed by atoms with Gasteiger partial charge < -0.3 is 29.9 Å². The molecule has 1 aliphatic heterocycles. The van der Waals surface area contributed by atoms with E-state index < -0.39 is 29.9 Å². The minimum absolute atomic E-state index is 0.0856. The van der Waals surface area contributed by atoms with Crippen LogP contribution in [-0.2, 0) is 4.79 Å². The van der Waals surface area contributed by atoms with Crippen LogP contribution in [0.25, 0.3) is 6.08 Å². The van der Waals surface area contributed by atoms with Gasteiger partial charge in [-0.1, -0.05) is 0 Å². The molecule has 8 heteroatoms. The summed E-state index contributed by atoms with van der Waals surface area (Å²) in [5.41, 5.74) is 0.310. The molecule has 0 saturated carbocycles. The molecule has 3 rings (SSSR count). The van der Waals surface area contributed by atoms with Crippen molar-refractivity contribution in [3.8, 4) is 28.7 Å². The van der Waals surface area contributed by atoms with E-state index in [0.29, 0.717) is 0 Å². The maximum atomic E-state index is 12.3. The van der Waals surface area contributed by atoms with Crippen LogP contribution < -0.4 is 9.47 Å². The zero-order valence-electron chi connectivity index (χ0n) is 12.6. The van der Waals surface area contributed by atoms with Gasteiger partial charge in [-0.05, 0) is 30.3 Å². The minimum atomic E-state index is -1.16. The standard InChI is InChI=1S/C17H12O8/c18-11-4-3-10-15(22)13(25-17(10)16(11)23)5-8-1-2-9(6-12(8)19)24-7-14(20)21/h1-6,18-19,23H,7H2,(H,20,21)/b13-5+. The predicted molar refractivity (Wildman–Crippen MR) is 83.9 cm³/mol. The Kier molecular flexibility index (Phi) is 3.94. The van der Waals surface area contributed by atoms with Crippen LogP contribution in [0.1, 0.15) is 15.9 Å². The molecule has 0 bridgehead atoms. The number of carboxylic acids is 1. The van der Waals surface area contributed by atoms with E-state index in [1.807, 2.05) is 0 Å². The van der Waals surface area contributed by atoms with Crippen molar-refractivity contribution in [3.63, 3.8) is 0 Å². The van der Waals surface area contributed by atoms with Gasteiger partial charge in [-0.25, -0.2) is 4.79 Å². The summed E-state index contributed by atoms with van der Waals surface area (Å²) in [6.07, 6.45) is 1.26. The number of allylic oxidation sites excluding steroid dienone is 1. The maximum absolute atomic E-state index is 12.3. The highest BCUT2D eigenvalue weighted by atomic mass is 16.5. The third-order valence-electron chi connectivity index (χ3n) is 3.44. The van der Waals surface area contributed by atoms with Crippen LogP contribution in [0.2, 0.25) is 0 Å². The molecule has 1 aliphatic rings. The second-order valence-electron chi connectivity index (χ2n) is 5.15. The molecule has 4 N–H and O–H groups in total. The monoisotopic (exact) mass is 344 g/mol. The zero-order valence-corrected chi connectivity index (χ0v) is 12.6. The third-order valence-corrected chi connectivity index (χ3v) is 3.44. The van der Waals surface area contributed by atoms with Crippen LogP contribution in [0.4, 0.5) is 0 Å². The lowest BCUT2D eigenvalue weighted by Gasteiger charge is -2.06. The number of hydrogen-bond donors (Lipinski definition) is 4. The summed E-state index contributed by atoms with van der Waals surface area (Å²) < 4.78 is 10.2. The van der Waals surface area contributed by atoms with Gasteiger partial charge in [-0.2, -0.15) is 0 Å². The fourth-order valence-corrected chi connectivity index (χ4v) is 2.25. The number of carbonyl (C=O) groups is 2. The van der Waals surface area contributed by atoms with Crippen molar-refractivity contribution >= 4 is 17.8 Å². The van der Waals surface area contributed by atoms with Gasteiger partial charge in [0.05, 0.1) is 5.56 Å². The van der Waals surface area contributed by atoms with Crippen molar-refractivity contribution < 1.29 is 39.5 Å². The summed E-state index contributed by atoms with van der Waals surface area (Å²) in [6, 6.07) is 6.52. The van der Waals surface area contributed by atoms with Crippen LogP contribution in [0, 0.1) is 0 Å². The van der Waals surface area contributed by atoms with E-state index in [-0.39, 0.29) is 34.1 Å². The van der Waals surface area contributed by atoms with Crippen LogP contribution in [-0.4, -0.2) is 38.8 Å². The molecule has 0 saturated heterocycles. The molecule has 2 aromatic carbocycles. The average molecular weight is 344 g/mol. The van der Waals surface area contributed by atoms with Crippen molar-refractivity contribution in [2.24, 2.45) is 0 Å². The number of carboxylic acid groups (broad SMARTS) is 1. The van der Waals surface area contributed by atoms with Gasteiger partial charge in [0, 0.05) is 11.6 Å². The van der Waals surface area contributed by atoms with Crippen LogP contribution in [0.15, 0.2) is 36.1 Å². The number of ether oxygens (including phenoxy) is 2. The lowest BCUT2D eigenvalue weighted by atomic mass is 10.1. The lowest BCUT2D eigenvalue weighted by molar-refractivity contribution is -0.139. The van der Waals surface area contributed by atoms with Crippen molar-refractivity contribution in [1.29, 1.82) is 0 Å². The van der Waals surface area contributed by atoms with Gasteiger partial charge >= 0.3 is 5.97 Å². The Labute approximate surface area is 140 Å². The van der Waals surface area contributed by atoms with Gasteiger partial charge in [-0.15, -0.1) is 0 Å². The largest absolute Gasteiger partial charge is 0.507 e. The fraction of sp³-hybridized carbons (Fsp3) is 0.0588. The van der Waals surface area contributed by atoms with Crippen molar-refractivity contribution in [1.82, 2.24) is 0 Å². The first kappa shape index (κ1) is 16.2. The molecule has 25 heavy (non-hydrogen) atoms. The van der Waals surface area contributed by atoms with Gasteiger partial charge in [0.15, 0.2) is 23.9 Å². The van der Waals surface area contributed by atoms with Crippen LogP contribution >= 0.6 is 0 Å². The molecule has 0 spiro atoms. The highest BCUT2D eigenvalue weighted by molar-refractivity contribution is 6.15. The number of phenolic OH excluding ortho intramolecular Hbond substituents is 3. The third kappa shape index (κ3) is 3.05. The fourth-order valence-electron chi connectivity index (χ4n) is 2.25. The Morgan fingerprint density at radius 2 is 1.88 bits per heavy atom. The number of hydrogen-bond acceptors (Lipinski definition) is 7. The molecule has 128 valence electrons. The summed E-state index contributed by atoms with van der Waals surface area (Å²) in [5.74, 6) is -3.05. The Morgan fingerprint density at radius 1 is 1.12 bits per heavy atom. The molecule has 0 atom stereocenters. The van der Waals surface area contributed by atoms with E-state index in [1.165, 1.54) is 36.4 Å². The van der Waals surface area contributed by atoms with Crippen LogP contribution in [0.5, 0.6) is 28.7 Å². The number of rotatable bonds is 4. The molecular weight excluding hydrogens is 332 g/mol. The normalized spacial score (nSPS) is 14.2. The van der Waals surface area contributed by atoms with E-state index >= 15 is 0 Å². The minimum Gasteiger partial charge on any atom is -0.507 e. The van der Waals surface area contributed by atoms with Gasteiger partial charge in [0.25, 0.3) is 0 Å². The highest BCUT2D eigenvalue weighted by Crippen LogP contribution is 2.44. The molecule has 1 heterocycles. The molecule has 8 nitrogen and oxygen atoms in total. The zero-order chi connectivity index (χ0) is 18.1. The Hall–Kier alpha value is -3.68. The van der Waals surface area contributed by atoms with Crippen molar-refractivity contribution in [2.75, 3.05) is 6.61 Å². The molecule has 0 amide bonds. The van der Waals surface area contributed by atoms with E-state index in [0.717, 1.165) is 0 Å². The smallest absolute Gasteiger partial charge is 0.341 e. The Balaban J connectivity index is 1.88. The second kappa shape index (κ2) is 6.08. The van der Waals surface area contributed by atoms with Gasteiger partial charge in [0.2, 0.25) is 11.5 Å². The molecular formula is C17H12O8. The first-order chi connectivity index (χ1) is 11.9. The summed E-state index contributed by atoms with van der Waals surface area (Å²) in [5, 5.41) is 37.7. The quantitative estimate of drug-likeness (QED) is 0.488. The van der Waals surface area contributed by atoms with E-state index in [4.69, 9.17) is 14.6 Å². The summed E-state index contributed by atoms with van der Waals surface area (Å²) in [4.78, 5) is 22.7. The number of phenols is 3. The molecule has 2 aromatic rings. The van der Waals surface area contributed by atoms with E-state index in [1.54, 1.807) is 0 Å². The number of aliphatic carboxylic acids is 1. The number of ketones is 1. The summed E-state index contributed by atoms with van der Waals surface area (Å²) in [6.45, 7) is -0.556. The first-order valence-electron chi connectivity index (χ1n) is 7.03. The summed E-state index contributed by atoms with van der Waals surface area (Å²) >= 11 is 0. The molecule has 0 aromatic heterocycles. The topological polar surface area (TPSA) is 134 Å². The molecule has 0 radical (unpaired) electrons. The Bertz CT molecular complexity index is 913. The average Bonchev–Trinajstić information content (AvgIpc) is 2.88. The second-order valence-corrected chi connectivity index (χ2v) is 5.15. The van der Waals surface area contributed by atoms with E-state index in [9.17, 15) is 24.9 Å². The molecule has 0 fully saturated rings. The summed E-state index contributed by atoms with van der Waals surface area (Å²) in [7, 11) is 0. The van der Waals surface area contributed by atoms with Gasteiger partial charge in [-0.3, -0.25) is 4.79 Å². The lowest BCUT2D eigenvalue weighted by Crippen LogP contribution is -2.09. The number of carbonyl (C=O) groups excluding carboxylic acids is 1. The first-order valence-corrected chi connectivity index (χ1v) is 7.03. The molecule has 0 unspecified atom stereocenters. The maximum Gasteiger partial charge on any atom is 0.341 e. The van der Waals surface area contributed by atoms with Crippen molar-refractivity contribution in [3.05, 3.63) is 47.2 Å². The SMILES string of the molecule is O=C(O)COc1ccc(/C=C2/Oc3c(ccc(O)c3O)C2=O)c(O)c1. The highest BCUT2D eigenvalue weighted by Gasteiger charge is 2.31. The number of fused-ring (bicyclic) bond motifs is 1. The van der Waals surface area contributed by atoms with Crippen molar-refractivity contribution in [2.45, 2.75) is 0 Å². The number of benzene rings is 2.